The highest BCUT2D eigenvalue weighted by Crippen LogP contribution is 2.30. The molecule has 5 rings (SSSR count). The largest absolute Gasteiger partial charge is 0.349 e. The van der Waals surface area contributed by atoms with Crippen molar-refractivity contribution in [3.8, 4) is 0 Å². The predicted molar refractivity (Wildman–Crippen MR) is 132 cm³/mol. The van der Waals surface area contributed by atoms with Crippen molar-refractivity contribution in [3.63, 3.8) is 0 Å². The number of carbonyl (C=O) groups is 1. The molecule has 1 aromatic carbocycles. The summed E-state index contributed by atoms with van der Waals surface area (Å²) in [7, 11) is 0. The fourth-order valence-electron chi connectivity index (χ4n) is 4.06. The molecule has 0 unspecified atom stereocenters. The predicted octanol–water partition coefficient (Wildman–Crippen LogP) is 4.21. The second-order valence-electron chi connectivity index (χ2n) is 8.07. The molecular weight excluding hydrogens is 454 g/mol. The molecule has 0 bridgehead atoms. The van der Waals surface area contributed by atoms with Gasteiger partial charge >= 0.3 is 5.69 Å². The molecule has 0 atom stereocenters. The third kappa shape index (κ3) is 4.84. The Bertz CT molecular complexity index is 1380. The first-order valence-corrected chi connectivity index (χ1v) is 12.7. The fourth-order valence-corrected chi connectivity index (χ4v) is 5.92. The number of benzene rings is 1. The van der Waals surface area contributed by atoms with E-state index in [1.54, 1.807) is 10.8 Å². The first-order valence-electron chi connectivity index (χ1n) is 10.9. The standard InChI is InChI=1S/C24H23N5O2S2/c1-15-9-10-18-20(12-15)33-23(26-18)27-21(30)14-32-22-17-7-2-3-8-19(17)29(24(31)28-22)13-16-6-4-5-11-25-16/h4-6,9-12H,2-3,7-8,13-14H2,1H3,(H,26,27,30). The van der Waals surface area contributed by atoms with E-state index in [0.717, 1.165) is 58.4 Å². The summed E-state index contributed by atoms with van der Waals surface area (Å²) in [6.45, 7) is 2.45. The number of nitrogens with zero attached hydrogens (tertiary/aromatic N) is 4. The van der Waals surface area contributed by atoms with Crippen molar-refractivity contribution >= 4 is 44.4 Å². The van der Waals surface area contributed by atoms with E-state index in [9.17, 15) is 9.59 Å². The third-order valence-electron chi connectivity index (χ3n) is 5.63. The van der Waals surface area contributed by atoms with Gasteiger partial charge in [0.15, 0.2) is 5.13 Å². The average molecular weight is 478 g/mol. The van der Waals surface area contributed by atoms with Crippen LogP contribution in [0.1, 0.15) is 35.4 Å². The van der Waals surface area contributed by atoms with Crippen molar-refractivity contribution < 1.29 is 4.79 Å². The molecule has 0 radical (unpaired) electrons. The zero-order valence-corrected chi connectivity index (χ0v) is 19.8. The summed E-state index contributed by atoms with van der Waals surface area (Å²) in [4.78, 5) is 38.7. The zero-order chi connectivity index (χ0) is 22.8. The SMILES string of the molecule is Cc1ccc2nc(NC(=O)CSc3nc(=O)n(Cc4ccccn4)c4c3CCCC4)sc2c1. The maximum atomic E-state index is 12.9. The van der Waals surface area contributed by atoms with Gasteiger partial charge in [-0.2, -0.15) is 4.98 Å². The monoisotopic (exact) mass is 477 g/mol. The molecule has 33 heavy (non-hydrogen) atoms. The molecule has 168 valence electrons. The van der Waals surface area contributed by atoms with Crippen LogP contribution in [-0.4, -0.2) is 31.2 Å². The second-order valence-corrected chi connectivity index (χ2v) is 10.1. The zero-order valence-electron chi connectivity index (χ0n) is 18.2. The quantitative estimate of drug-likeness (QED) is 0.330. The molecule has 1 N–H and O–H groups in total. The van der Waals surface area contributed by atoms with Gasteiger partial charge in [0, 0.05) is 17.5 Å². The van der Waals surface area contributed by atoms with E-state index in [1.165, 1.54) is 23.1 Å². The van der Waals surface area contributed by atoms with Crippen molar-refractivity contribution in [2.24, 2.45) is 0 Å². The minimum absolute atomic E-state index is 0.153. The van der Waals surface area contributed by atoms with Crippen LogP contribution < -0.4 is 11.0 Å². The van der Waals surface area contributed by atoms with Crippen LogP contribution in [0, 0.1) is 6.92 Å². The second kappa shape index (κ2) is 9.44. The molecular formula is C24H23N5O2S2. The highest BCUT2D eigenvalue weighted by atomic mass is 32.2. The fraction of sp³-hybridized carbons (Fsp3) is 0.292. The third-order valence-corrected chi connectivity index (χ3v) is 7.58. The van der Waals surface area contributed by atoms with Crippen LogP contribution in [-0.2, 0) is 24.2 Å². The number of rotatable bonds is 6. The number of thioether (sulfide) groups is 1. The Morgan fingerprint density at radius 1 is 1.18 bits per heavy atom. The van der Waals surface area contributed by atoms with Crippen molar-refractivity contribution in [2.75, 3.05) is 11.1 Å². The lowest BCUT2D eigenvalue weighted by atomic mass is 9.97. The molecule has 3 heterocycles. The molecule has 0 aliphatic heterocycles. The Morgan fingerprint density at radius 2 is 2.06 bits per heavy atom. The summed E-state index contributed by atoms with van der Waals surface area (Å²) in [5.41, 5.74) is 4.70. The van der Waals surface area contributed by atoms with Gasteiger partial charge in [-0.3, -0.25) is 14.3 Å². The van der Waals surface area contributed by atoms with Gasteiger partial charge in [0.2, 0.25) is 5.91 Å². The Kier molecular flexibility index (Phi) is 6.24. The number of carbonyl (C=O) groups excluding carboxylic acids is 1. The van der Waals surface area contributed by atoms with Crippen molar-refractivity contribution in [1.29, 1.82) is 0 Å². The van der Waals surface area contributed by atoms with Gasteiger partial charge in [-0.1, -0.05) is 35.2 Å². The highest BCUT2D eigenvalue weighted by molar-refractivity contribution is 8.00. The molecule has 0 saturated heterocycles. The van der Waals surface area contributed by atoms with E-state index < -0.39 is 0 Å². The van der Waals surface area contributed by atoms with Crippen LogP contribution in [0.15, 0.2) is 52.4 Å². The summed E-state index contributed by atoms with van der Waals surface area (Å²) in [5, 5.41) is 4.14. The van der Waals surface area contributed by atoms with Crippen LogP contribution in [0.5, 0.6) is 0 Å². The lowest BCUT2D eigenvalue weighted by Crippen LogP contribution is -2.31. The lowest BCUT2D eigenvalue weighted by Gasteiger charge is -2.22. The lowest BCUT2D eigenvalue weighted by molar-refractivity contribution is -0.113. The van der Waals surface area contributed by atoms with Gasteiger partial charge < -0.3 is 5.32 Å². The summed E-state index contributed by atoms with van der Waals surface area (Å²) in [6.07, 6.45) is 5.54. The first kappa shape index (κ1) is 21.8. The van der Waals surface area contributed by atoms with E-state index in [4.69, 9.17) is 0 Å². The Hall–Kier alpha value is -3.04. The molecule has 1 aliphatic rings. The Balaban J connectivity index is 1.33. The van der Waals surface area contributed by atoms with Gasteiger partial charge in [-0.15, -0.1) is 0 Å². The number of thiazole rings is 1. The average Bonchev–Trinajstić information content (AvgIpc) is 3.21. The molecule has 0 saturated carbocycles. The first-order chi connectivity index (χ1) is 16.1. The van der Waals surface area contributed by atoms with E-state index in [1.807, 2.05) is 37.3 Å². The summed E-state index contributed by atoms with van der Waals surface area (Å²) < 4.78 is 2.79. The van der Waals surface area contributed by atoms with Crippen LogP contribution >= 0.6 is 23.1 Å². The minimum atomic E-state index is -0.286. The Morgan fingerprint density at radius 3 is 2.91 bits per heavy atom. The number of hydrogen-bond donors (Lipinski definition) is 1. The maximum absolute atomic E-state index is 12.9. The number of anilines is 1. The van der Waals surface area contributed by atoms with Crippen LogP contribution in [0.25, 0.3) is 10.2 Å². The maximum Gasteiger partial charge on any atom is 0.349 e. The van der Waals surface area contributed by atoms with Crippen LogP contribution in [0.4, 0.5) is 5.13 Å². The van der Waals surface area contributed by atoms with Gasteiger partial charge in [-0.05, 0) is 62.4 Å². The number of amides is 1. The van der Waals surface area contributed by atoms with Gasteiger partial charge in [0.25, 0.3) is 0 Å². The highest BCUT2D eigenvalue weighted by Gasteiger charge is 2.21. The van der Waals surface area contributed by atoms with E-state index >= 15 is 0 Å². The van der Waals surface area contributed by atoms with Gasteiger partial charge in [-0.25, -0.2) is 9.78 Å². The molecule has 1 aliphatic carbocycles. The number of fused-ring (bicyclic) bond motifs is 2. The number of aryl methyl sites for hydroxylation is 1. The topological polar surface area (TPSA) is 89.8 Å². The summed E-state index contributed by atoms with van der Waals surface area (Å²) in [5.74, 6) is 0.0257. The van der Waals surface area contributed by atoms with Crippen LogP contribution in [0.2, 0.25) is 0 Å². The molecule has 7 nitrogen and oxygen atoms in total. The van der Waals surface area contributed by atoms with Gasteiger partial charge in [0.1, 0.15) is 5.03 Å². The molecule has 3 aromatic heterocycles. The molecule has 4 aromatic rings. The molecule has 0 spiro atoms. The normalized spacial score (nSPS) is 13.1. The van der Waals surface area contributed by atoms with E-state index in [2.05, 4.69) is 26.3 Å². The van der Waals surface area contributed by atoms with E-state index in [-0.39, 0.29) is 17.3 Å². The molecule has 9 heteroatoms. The van der Waals surface area contributed by atoms with Crippen molar-refractivity contribution in [2.45, 2.75) is 44.2 Å². The van der Waals surface area contributed by atoms with Crippen LogP contribution in [0.3, 0.4) is 0 Å². The van der Waals surface area contributed by atoms with Crippen molar-refractivity contribution in [1.82, 2.24) is 19.5 Å². The van der Waals surface area contributed by atoms with Crippen molar-refractivity contribution in [3.05, 3.63) is 75.6 Å². The smallest absolute Gasteiger partial charge is 0.301 e. The number of aromatic nitrogens is 4. The number of hydrogen-bond acceptors (Lipinski definition) is 7. The summed E-state index contributed by atoms with van der Waals surface area (Å²) in [6, 6.07) is 11.7. The molecule has 1 amide bonds. The minimum Gasteiger partial charge on any atom is -0.301 e. The number of pyridine rings is 1. The summed E-state index contributed by atoms with van der Waals surface area (Å²) >= 11 is 2.79. The van der Waals surface area contributed by atoms with E-state index in [0.29, 0.717) is 16.7 Å². The Labute approximate surface area is 199 Å². The van der Waals surface area contributed by atoms with Gasteiger partial charge in [0.05, 0.1) is 28.2 Å². The molecule has 0 fully saturated rings. The number of nitrogens with one attached hydrogen (secondary N) is 1.